The largest absolute Gasteiger partial charge is 0.379 e. The highest BCUT2D eigenvalue weighted by Crippen LogP contribution is 2.13. The Balaban J connectivity index is 1.99. The van der Waals surface area contributed by atoms with Crippen molar-refractivity contribution in [3.63, 3.8) is 0 Å². The van der Waals surface area contributed by atoms with Crippen molar-refractivity contribution in [3.05, 3.63) is 17.6 Å². The third-order valence-electron chi connectivity index (χ3n) is 3.97. The van der Waals surface area contributed by atoms with E-state index in [-0.39, 0.29) is 0 Å². The number of aromatic nitrogens is 2. The maximum atomic E-state index is 5.41. The summed E-state index contributed by atoms with van der Waals surface area (Å²) in [6.45, 7) is 12.2. The molecular formula is C15H26N4O. The molecule has 2 atom stereocenters. The molecule has 0 radical (unpaired) electrons. The van der Waals surface area contributed by atoms with Crippen LogP contribution in [0.2, 0.25) is 0 Å². The molecule has 0 aliphatic carbocycles. The number of rotatable bonds is 5. The molecule has 0 aromatic carbocycles. The van der Waals surface area contributed by atoms with Crippen LogP contribution in [0.15, 0.2) is 6.07 Å². The number of nitrogens with zero attached hydrogens (tertiary/aromatic N) is 3. The Labute approximate surface area is 121 Å². The van der Waals surface area contributed by atoms with Gasteiger partial charge in [0.15, 0.2) is 0 Å². The Kier molecular flexibility index (Phi) is 5.31. The topological polar surface area (TPSA) is 50.3 Å². The van der Waals surface area contributed by atoms with Gasteiger partial charge in [-0.2, -0.15) is 0 Å². The summed E-state index contributed by atoms with van der Waals surface area (Å²) >= 11 is 0. The molecule has 2 heterocycles. The van der Waals surface area contributed by atoms with Crippen LogP contribution >= 0.6 is 0 Å². The monoisotopic (exact) mass is 278 g/mol. The van der Waals surface area contributed by atoms with Crippen molar-refractivity contribution in [1.29, 1.82) is 0 Å². The Bertz CT molecular complexity index is 432. The second kappa shape index (κ2) is 6.99. The van der Waals surface area contributed by atoms with Gasteiger partial charge in [0.2, 0.25) is 0 Å². The molecule has 1 fully saturated rings. The zero-order valence-corrected chi connectivity index (χ0v) is 13.0. The molecule has 2 unspecified atom stereocenters. The van der Waals surface area contributed by atoms with Gasteiger partial charge in [0, 0.05) is 36.9 Å². The molecule has 20 heavy (non-hydrogen) atoms. The molecule has 0 bridgehead atoms. The van der Waals surface area contributed by atoms with E-state index >= 15 is 0 Å². The zero-order chi connectivity index (χ0) is 14.5. The van der Waals surface area contributed by atoms with Crippen LogP contribution in [0.3, 0.4) is 0 Å². The van der Waals surface area contributed by atoms with E-state index in [1.54, 1.807) is 0 Å². The predicted octanol–water partition coefficient (Wildman–Crippen LogP) is 1.87. The van der Waals surface area contributed by atoms with E-state index in [9.17, 15) is 0 Å². The molecule has 5 nitrogen and oxygen atoms in total. The van der Waals surface area contributed by atoms with Gasteiger partial charge in [-0.3, -0.25) is 4.90 Å². The molecule has 2 rings (SSSR count). The van der Waals surface area contributed by atoms with E-state index in [4.69, 9.17) is 4.74 Å². The lowest BCUT2D eigenvalue weighted by atomic mass is 10.1. The number of nitrogens with one attached hydrogen (secondary N) is 1. The van der Waals surface area contributed by atoms with Gasteiger partial charge in [-0.05, 0) is 27.2 Å². The number of morpholine rings is 1. The zero-order valence-electron chi connectivity index (χ0n) is 13.0. The van der Waals surface area contributed by atoms with Gasteiger partial charge in [-0.15, -0.1) is 0 Å². The molecule has 1 aromatic rings. The summed E-state index contributed by atoms with van der Waals surface area (Å²) in [5, 5.41) is 3.52. The number of aryl methyl sites for hydroxylation is 2. The average Bonchev–Trinajstić information content (AvgIpc) is 2.46. The third-order valence-corrected chi connectivity index (χ3v) is 3.97. The molecule has 1 aliphatic heterocycles. The molecule has 1 aromatic heterocycles. The minimum Gasteiger partial charge on any atom is -0.379 e. The average molecular weight is 278 g/mol. The Morgan fingerprint density at radius 1 is 1.30 bits per heavy atom. The van der Waals surface area contributed by atoms with E-state index in [2.05, 4.69) is 47.0 Å². The van der Waals surface area contributed by atoms with Crippen LogP contribution < -0.4 is 5.32 Å². The lowest BCUT2D eigenvalue weighted by Gasteiger charge is -2.36. The molecule has 1 saturated heterocycles. The van der Waals surface area contributed by atoms with E-state index in [1.807, 2.05) is 6.92 Å². The first-order valence-electron chi connectivity index (χ1n) is 7.53. The summed E-state index contributed by atoms with van der Waals surface area (Å²) in [5.74, 6) is 1.76. The van der Waals surface area contributed by atoms with Crippen molar-refractivity contribution in [2.75, 3.05) is 31.6 Å². The van der Waals surface area contributed by atoms with E-state index < -0.39 is 0 Å². The second-order valence-electron chi connectivity index (χ2n) is 5.47. The van der Waals surface area contributed by atoms with Crippen molar-refractivity contribution in [2.24, 2.45) is 0 Å². The SMILES string of the molecule is CCc1cc(NC(C)C(C)N2CCOCC2)nc(C)n1. The minimum atomic E-state index is 0.340. The summed E-state index contributed by atoms with van der Waals surface area (Å²) in [6.07, 6.45) is 0.936. The Hall–Kier alpha value is -1.20. The van der Waals surface area contributed by atoms with Crippen LogP contribution in [-0.2, 0) is 11.2 Å². The number of ether oxygens (including phenoxy) is 1. The Morgan fingerprint density at radius 2 is 2.00 bits per heavy atom. The van der Waals surface area contributed by atoms with E-state index in [1.165, 1.54) is 0 Å². The van der Waals surface area contributed by atoms with Crippen LogP contribution in [0.25, 0.3) is 0 Å². The maximum absolute atomic E-state index is 5.41. The highest BCUT2D eigenvalue weighted by atomic mass is 16.5. The fourth-order valence-corrected chi connectivity index (χ4v) is 2.54. The van der Waals surface area contributed by atoms with Crippen LogP contribution in [0, 0.1) is 6.92 Å². The van der Waals surface area contributed by atoms with Crippen molar-refractivity contribution < 1.29 is 4.74 Å². The first-order valence-corrected chi connectivity index (χ1v) is 7.53. The lowest BCUT2D eigenvalue weighted by molar-refractivity contribution is 0.0176. The van der Waals surface area contributed by atoms with Gasteiger partial charge in [0.05, 0.1) is 13.2 Å². The van der Waals surface area contributed by atoms with E-state index in [0.29, 0.717) is 12.1 Å². The van der Waals surface area contributed by atoms with Gasteiger partial charge in [0.1, 0.15) is 11.6 Å². The minimum absolute atomic E-state index is 0.340. The number of hydrogen-bond donors (Lipinski definition) is 1. The summed E-state index contributed by atoms with van der Waals surface area (Å²) in [4.78, 5) is 11.4. The standard InChI is InChI=1S/C15H26N4O/c1-5-14-10-15(18-13(4)17-14)16-11(2)12(3)19-6-8-20-9-7-19/h10-12H,5-9H2,1-4H3,(H,16,17,18). The smallest absolute Gasteiger partial charge is 0.130 e. The second-order valence-corrected chi connectivity index (χ2v) is 5.47. The van der Waals surface area contributed by atoms with Gasteiger partial charge in [0.25, 0.3) is 0 Å². The van der Waals surface area contributed by atoms with Crippen LogP contribution in [-0.4, -0.2) is 53.3 Å². The van der Waals surface area contributed by atoms with Crippen molar-refractivity contribution in [1.82, 2.24) is 14.9 Å². The van der Waals surface area contributed by atoms with Crippen LogP contribution in [0.4, 0.5) is 5.82 Å². The van der Waals surface area contributed by atoms with Crippen molar-refractivity contribution in [3.8, 4) is 0 Å². The van der Waals surface area contributed by atoms with Crippen LogP contribution in [0.1, 0.15) is 32.3 Å². The fraction of sp³-hybridized carbons (Fsp3) is 0.733. The number of hydrogen-bond acceptors (Lipinski definition) is 5. The molecule has 0 saturated carbocycles. The Morgan fingerprint density at radius 3 is 2.65 bits per heavy atom. The highest BCUT2D eigenvalue weighted by Gasteiger charge is 2.22. The predicted molar refractivity (Wildman–Crippen MR) is 81.1 cm³/mol. The summed E-state index contributed by atoms with van der Waals surface area (Å²) in [5.41, 5.74) is 1.09. The molecular weight excluding hydrogens is 252 g/mol. The van der Waals surface area contributed by atoms with Gasteiger partial charge in [-0.1, -0.05) is 6.92 Å². The van der Waals surface area contributed by atoms with Crippen LogP contribution in [0.5, 0.6) is 0 Å². The molecule has 1 N–H and O–H groups in total. The lowest BCUT2D eigenvalue weighted by Crippen LogP contribution is -2.48. The molecule has 5 heteroatoms. The molecule has 112 valence electrons. The van der Waals surface area contributed by atoms with Crippen molar-refractivity contribution >= 4 is 5.82 Å². The quantitative estimate of drug-likeness (QED) is 0.891. The van der Waals surface area contributed by atoms with Gasteiger partial charge in [-0.25, -0.2) is 9.97 Å². The first kappa shape index (κ1) is 15.2. The summed E-state index contributed by atoms with van der Waals surface area (Å²) in [7, 11) is 0. The fourth-order valence-electron chi connectivity index (χ4n) is 2.54. The normalized spacial score (nSPS) is 19.6. The van der Waals surface area contributed by atoms with Gasteiger partial charge < -0.3 is 10.1 Å². The molecule has 0 amide bonds. The first-order chi connectivity index (χ1) is 9.60. The van der Waals surface area contributed by atoms with Crippen molar-refractivity contribution in [2.45, 2.75) is 46.2 Å². The van der Waals surface area contributed by atoms with Gasteiger partial charge >= 0.3 is 0 Å². The van der Waals surface area contributed by atoms with E-state index in [0.717, 1.165) is 50.1 Å². The third kappa shape index (κ3) is 3.90. The maximum Gasteiger partial charge on any atom is 0.130 e. The summed E-state index contributed by atoms with van der Waals surface area (Å²) < 4.78 is 5.41. The number of anilines is 1. The highest BCUT2D eigenvalue weighted by molar-refractivity contribution is 5.37. The molecule has 1 aliphatic rings. The molecule has 0 spiro atoms. The summed E-state index contributed by atoms with van der Waals surface area (Å²) in [6, 6.07) is 2.85.